The molecule has 0 spiro atoms. The Morgan fingerprint density at radius 1 is 1.14 bits per heavy atom. The van der Waals surface area contributed by atoms with Crippen molar-refractivity contribution in [1.82, 2.24) is 14.5 Å². The second-order valence-corrected chi connectivity index (χ2v) is 6.92. The fourth-order valence-corrected chi connectivity index (χ4v) is 3.78. The van der Waals surface area contributed by atoms with Crippen LogP contribution in [0.3, 0.4) is 0 Å². The van der Waals surface area contributed by atoms with Gasteiger partial charge in [-0.2, -0.15) is 0 Å². The summed E-state index contributed by atoms with van der Waals surface area (Å²) in [6.45, 7) is 4.88. The van der Waals surface area contributed by atoms with Crippen molar-refractivity contribution in [1.29, 1.82) is 0 Å². The molecule has 2 aromatic heterocycles. The van der Waals surface area contributed by atoms with Crippen molar-refractivity contribution in [3.05, 3.63) is 54.1 Å². The van der Waals surface area contributed by atoms with E-state index in [0.717, 1.165) is 40.3 Å². The summed E-state index contributed by atoms with van der Waals surface area (Å²) in [4.78, 5) is 9.64. The van der Waals surface area contributed by atoms with Gasteiger partial charge in [0.15, 0.2) is 0 Å². The third-order valence-electron chi connectivity index (χ3n) is 3.74. The molecule has 2 heterocycles. The van der Waals surface area contributed by atoms with Crippen LogP contribution in [0.4, 0.5) is 0 Å². The highest BCUT2D eigenvalue weighted by Gasteiger charge is 2.10. The van der Waals surface area contributed by atoms with Gasteiger partial charge in [-0.05, 0) is 38.0 Å². The molecule has 0 fully saturated rings. The van der Waals surface area contributed by atoms with Crippen molar-refractivity contribution in [3.8, 4) is 0 Å². The summed E-state index contributed by atoms with van der Waals surface area (Å²) in [6.07, 6.45) is 4.52. The molecule has 0 aliphatic carbocycles. The fraction of sp³-hybridized carbons (Fsp3) is 0.294. The molecule has 0 radical (unpaired) electrons. The highest BCUT2D eigenvalue weighted by Crippen LogP contribution is 2.19. The molecule has 1 atom stereocenters. The number of imidazole rings is 1. The van der Waals surface area contributed by atoms with Crippen LogP contribution >= 0.6 is 0 Å². The molecule has 0 saturated carbocycles. The van der Waals surface area contributed by atoms with Crippen LogP contribution in [0.25, 0.3) is 11.0 Å². The predicted octanol–water partition coefficient (Wildman–Crippen LogP) is 3.25. The molecular weight excluding hydrogens is 294 g/mol. The van der Waals surface area contributed by atoms with Crippen molar-refractivity contribution in [2.24, 2.45) is 0 Å². The first kappa shape index (κ1) is 14.9. The lowest BCUT2D eigenvalue weighted by molar-refractivity contribution is 0.656. The van der Waals surface area contributed by atoms with E-state index in [1.54, 1.807) is 6.20 Å². The summed E-state index contributed by atoms with van der Waals surface area (Å²) >= 11 is 0. The molecule has 114 valence electrons. The summed E-state index contributed by atoms with van der Waals surface area (Å²) in [6, 6.07) is 9.64. The molecule has 1 unspecified atom stereocenters. The van der Waals surface area contributed by atoms with E-state index in [1.807, 2.05) is 43.5 Å². The van der Waals surface area contributed by atoms with Crippen molar-refractivity contribution in [3.63, 3.8) is 0 Å². The van der Waals surface area contributed by atoms with Gasteiger partial charge < -0.3 is 4.57 Å². The van der Waals surface area contributed by atoms with Gasteiger partial charge in [0.05, 0.1) is 22.5 Å². The third-order valence-corrected chi connectivity index (χ3v) is 5.20. The maximum absolute atomic E-state index is 12.3. The van der Waals surface area contributed by atoms with Crippen molar-refractivity contribution in [2.45, 2.75) is 31.7 Å². The van der Waals surface area contributed by atoms with Crippen LogP contribution in [0.2, 0.25) is 0 Å². The quantitative estimate of drug-likeness (QED) is 0.726. The zero-order chi connectivity index (χ0) is 15.5. The number of nitrogens with zero attached hydrogens (tertiary/aromatic N) is 3. The average Bonchev–Trinajstić information content (AvgIpc) is 2.85. The molecule has 0 amide bonds. The molecule has 22 heavy (non-hydrogen) atoms. The number of benzene rings is 1. The second kappa shape index (κ2) is 6.40. The summed E-state index contributed by atoms with van der Waals surface area (Å²) in [5.74, 6) is 1.64. The topological polar surface area (TPSA) is 47.8 Å². The van der Waals surface area contributed by atoms with Crippen LogP contribution in [-0.2, 0) is 17.3 Å². The molecule has 5 heteroatoms. The van der Waals surface area contributed by atoms with Crippen LogP contribution in [0.5, 0.6) is 0 Å². The van der Waals surface area contributed by atoms with Crippen LogP contribution in [-0.4, -0.2) is 24.5 Å². The minimum absolute atomic E-state index is 0.660. The number of fused-ring (bicyclic) bond motifs is 1. The molecule has 0 bridgehead atoms. The Morgan fingerprint density at radius 3 is 2.68 bits per heavy atom. The molecule has 3 rings (SSSR count). The zero-order valence-corrected chi connectivity index (χ0v) is 13.6. The zero-order valence-electron chi connectivity index (χ0n) is 12.8. The SMILES string of the molecule is Cc1cncc2nc(C)n(CCCS(=O)c3ccccc3)c12. The third kappa shape index (κ3) is 2.95. The monoisotopic (exact) mass is 313 g/mol. The maximum atomic E-state index is 12.3. The summed E-state index contributed by atoms with van der Waals surface area (Å²) < 4.78 is 14.5. The van der Waals surface area contributed by atoms with Crippen LogP contribution in [0.15, 0.2) is 47.6 Å². The van der Waals surface area contributed by atoms with E-state index in [9.17, 15) is 4.21 Å². The first-order valence-corrected chi connectivity index (χ1v) is 8.69. The van der Waals surface area contributed by atoms with E-state index in [0.29, 0.717) is 5.75 Å². The summed E-state index contributed by atoms with van der Waals surface area (Å²) in [5.41, 5.74) is 3.20. The molecule has 0 saturated heterocycles. The van der Waals surface area contributed by atoms with Crippen molar-refractivity contribution in [2.75, 3.05) is 5.75 Å². The Kier molecular flexibility index (Phi) is 4.34. The lowest BCUT2D eigenvalue weighted by atomic mass is 10.2. The molecule has 0 N–H and O–H groups in total. The Morgan fingerprint density at radius 2 is 1.91 bits per heavy atom. The molecule has 4 nitrogen and oxygen atoms in total. The largest absolute Gasteiger partial charge is 0.328 e. The molecule has 0 aliphatic rings. The molecule has 0 aliphatic heterocycles. The number of rotatable bonds is 5. The second-order valence-electron chi connectivity index (χ2n) is 5.35. The number of pyridine rings is 1. The summed E-state index contributed by atoms with van der Waals surface area (Å²) in [7, 11) is -0.937. The van der Waals surface area contributed by atoms with Gasteiger partial charge in [-0.1, -0.05) is 18.2 Å². The fourth-order valence-electron chi connectivity index (χ4n) is 2.69. The molecule has 3 aromatic rings. The normalized spacial score (nSPS) is 12.6. The van der Waals surface area contributed by atoms with E-state index in [-0.39, 0.29) is 0 Å². The van der Waals surface area contributed by atoms with E-state index in [1.165, 1.54) is 0 Å². The predicted molar refractivity (Wildman–Crippen MR) is 89.3 cm³/mol. The number of hydrogen-bond acceptors (Lipinski definition) is 3. The van der Waals surface area contributed by atoms with E-state index in [2.05, 4.69) is 21.5 Å². The first-order chi connectivity index (χ1) is 10.7. The number of hydrogen-bond donors (Lipinski definition) is 0. The number of aromatic nitrogens is 3. The van der Waals surface area contributed by atoms with Crippen LogP contribution in [0, 0.1) is 13.8 Å². The van der Waals surface area contributed by atoms with Crippen molar-refractivity contribution >= 4 is 21.8 Å². The van der Waals surface area contributed by atoms with Gasteiger partial charge in [-0.15, -0.1) is 0 Å². The van der Waals surface area contributed by atoms with Gasteiger partial charge in [0.2, 0.25) is 0 Å². The molecular formula is C17H19N3OS. The van der Waals surface area contributed by atoms with Crippen molar-refractivity contribution < 1.29 is 4.21 Å². The average molecular weight is 313 g/mol. The maximum Gasteiger partial charge on any atom is 0.107 e. The van der Waals surface area contributed by atoms with E-state index >= 15 is 0 Å². The van der Waals surface area contributed by atoms with Gasteiger partial charge in [0.25, 0.3) is 0 Å². The standard InChI is InChI=1S/C17H19N3OS/c1-13-11-18-12-16-17(13)20(14(2)19-16)9-6-10-22(21)15-7-4-3-5-8-15/h3-5,7-8,11-12H,6,9-10H2,1-2H3. The minimum Gasteiger partial charge on any atom is -0.328 e. The van der Waals surface area contributed by atoms with Gasteiger partial charge in [-0.3, -0.25) is 9.19 Å². The van der Waals surface area contributed by atoms with Crippen LogP contribution < -0.4 is 0 Å². The van der Waals surface area contributed by atoms with E-state index in [4.69, 9.17) is 0 Å². The highest BCUT2D eigenvalue weighted by molar-refractivity contribution is 7.85. The lowest BCUT2D eigenvalue weighted by Crippen LogP contribution is -2.06. The molecule has 1 aromatic carbocycles. The Bertz CT molecular complexity index is 811. The Labute approximate surface area is 132 Å². The van der Waals surface area contributed by atoms with E-state index < -0.39 is 10.8 Å². The highest BCUT2D eigenvalue weighted by atomic mass is 32.2. The minimum atomic E-state index is -0.937. The first-order valence-electron chi connectivity index (χ1n) is 7.37. The summed E-state index contributed by atoms with van der Waals surface area (Å²) in [5, 5.41) is 0. The van der Waals surface area contributed by atoms with Gasteiger partial charge >= 0.3 is 0 Å². The smallest absolute Gasteiger partial charge is 0.107 e. The lowest BCUT2D eigenvalue weighted by Gasteiger charge is -2.08. The van der Waals surface area contributed by atoms with Gasteiger partial charge in [0, 0.05) is 23.4 Å². The Balaban J connectivity index is 1.72. The van der Waals surface area contributed by atoms with Gasteiger partial charge in [-0.25, -0.2) is 4.98 Å². The van der Waals surface area contributed by atoms with Crippen LogP contribution in [0.1, 0.15) is 17.8 Å². The Hall–Kier alpha value is -2.01. The van der Waals surface area contributed by atoms with Gasteiger partial charge in [0.1, 0.15) is 11.3 Å². The number of aryl methyl sites for hydroxylation is 3.